The fourth-order valence-electron chi connectivity index (χ4n) is 8.14. The molecule has 1 aliphatic carbocycles. The Hall–Kier alpha value is -5.57. The first kappa shape index (κ1) is 27.5. The summed E-state index contributed by atoms with van der Waals surface area (Å²) in [6.45, 7) is 4.77. The maximum atomic E-state index is 5.35. The lowest BCUT2D eigenvalue weighted by Crippen LogP contribution is -2.15. The minimum Gasteiger partial charge on any atom is -0.247 e. The summed E-state index contributed by atoms with van der Waals surface area (Å²) in [5, 5.41) is 6.31. The number of rotatable bonds is 3. The van der Waals surface area contributed by atoms with Gasteiger partial charge in [-0.25, -0.2) is 4.98 Å². The Labute approximate surface area is 283 Å². The molecule has 0 saturated carbocycles. The van der Waals surface area contributed by atoms with Crippen molar-refractivity contribution < 1.29 is 0 Å². The minimum absolute atomic E-state index is 0.0578. The van der Waals surface area contributed by atoms with Crippen molar-refractivity contribution in [3.05, 3.63) is 163 Å². The Morgan fingerprint density at radius 1 is 0.479 bits per heavy atom. The fourth-order valence-corrected chi connectivity index (χ4v) is 9.24. The molecule has 0 saturated heterocycles. The third-order valence-electron chi connectivity index (χ3n) is 10.4. The molecule has 1 nitrogen and oxygen atoms in total. The van der Waals surface area contributed by atoms with E-state index in [-0.39, 0.29) is 5.41 Å². The van der Waals surface area contributed by atoms with Crippen LogP contribution >= 0.6 is 11.3 Å². The highest BCUT2D eigenvalue weighted by Crippen LogP contribution is 2.54. The summed E-state index contributed by atoms with van der Waals surface area (Å²) in [6, 6.07) is 55.5. The van der Waals surface area contributed by atoms with E-state index < -0.39 is 0 Å². The van der Waals surface area contributed by atoms with Crippen LogP contribution in [0.4, 0.5) is 0 Å². The summed E-state index contributed by atoms with van der Waals surface area (Å²) < 4.78 is 2.69. The quantitative estimate of drug-likeness (QED) is 0.177. The van der Waals surface area contributed by atoms with Crippen molar-refractivity contribution in [3.8, 4) is 44.6 Å². The van der Waals surface area contributed by atoms with Gasteiger partial charge in [-0.05, 0) is 80.2 Å². The molecule has 48 heavy (non-hydrogen) atoms. The molecule has 0 unspecified atom stereocenters. The van der Waals surface area contributed by atoms with Crippen molar-refractivity contribution in [2.75, 3.05) is 0 Å². The maximum Gasteiger partial charge on any atom is 0.0794 e. The first-order valence-corrected chi connectivity index (χ1v) is 17.4. The third-order valence-corrected chi connectivity index (χ3v) is 11.6. The number of fused-ring (bicyclic) bond motifs is 10. The van der Waals surface area contributed by atoms with Gasteiger partial charge in [-0.2, -0.15) is 0 Å². The van der Waals surface area contributed by atoms with E-state index in [0.29, 0.717) is 0 Å². The number of hydrogen-bond donors (Lipinski definition) is 0. The predicted molar refractivity (Wildman–Crippen MR) is 206 cm³/mol. The van der Waals surface area contributed by atoms with Gasteiger partial charge in [0.05, 0.1) is 11.2 Å². The molecule has 2 heteroatoms. The molecular formula is C46H31NS. The monoisotopic (exact) mass is 629 g/mol. The van der Waals surface area contributed by atoms with Gasteiger partial charge in [0.25, 0.3) is 0 Å². The van der Waals surface area contributed by atoms with E-state index in [1.807, 2.05) is 11.3 Å². The molecule has 0 radical (unpaired) electrons. The Bertz CT molecular complexity index is 2750. The lowest BCUT2D eigenvalue weighted by molar-refractivity contribution is 0.667. The number of nitrogens with zero attached hydrogens (tertiary/aromatic N) is 1. The molecule has 0 fully saturated rings. The molecule has 2 heterocycles. The van der Waals surface area contributed by atoms with Crippen LogP contribution in [-0.2, 0) is 5.41 Å². The van der Waals surface area contributed by atoms with Gasteiger partial charge in [-0.15, -0.1) is 11.3 Å². The van der Waals surface area contributed by atoms with Crippen molar-refractivity contribution in [2.24, 2.45) is 0 Å². The van der Waals surface area contributed by atoms with Crippen LogP contribution in [-0.4, -0.2) is 4.98 Å². The lowest BCUT2D eigenvalue weighted by atomic mass is 9.80. The zero-order valence-electron chi connectivity index (χ0n) is 26.8. The largest absolute Gasteiger partial charge is 0.247 e. The highest BCUT2D eigenvalue weighted by Gasteiger charge is 2.37. The lowest BCUT2D eigenvalue weighted by Gasteiger charge is -2.22. The molecule has 7 aromatic carbocycles. The molecule has 0 atom stereocenters. The Morgan fingerprint density at radius 3 is 2.15 bits per heavy atom. The Balaban J connectivity index is 1.16. The summed E-state index contributed by atoms with van der Waals surface area (Å²) in [7, 11) is 0. The van der Waals surface area contributed by atoms with Crippen molar-refractivity contribution in [1.29, 1.82) is 0 Å². The average molecular weight is 630 g/mol. The van der Waals surface area contributed by atoms with Gasteiger partial charge in [0.15, 0.2) is 0 Å². The molecule has 0 amide bonds. The first-order valence-electron chi connectivity index (χ1n) is 16.6. The van der Waals surface area contributed by atoms with E-state index >= 15 is 0 Å². The predicted octanol–water partition coefficient (Wildman–Crippen LogP) is 13.1. The molecule has 10 rings (SSSR count). The molecule has 0 bridgehead atoms. The molecule has 1 aliphatic rings. The smallest absolute Gasteiger partial charge is 0.0794 e. The Morgan fingerprint density at radius 2 is 1.23 bits per heavy atom. The molecule has 2 aromatic heterocycles. The number of hydrogen-bond acceptors (Lipinski definition) is 2. The second-order valence-corrected chi connectivity index (χ2v) is 14.6. The van der Waals surface area contributed by atoms with E-state index in [0.717, 1.165) is 16.8 Å². The third kappa shape index (κ3) is 4.00. The van der Waals surface area contributed by atoms with Crippen molar-refractivity contribution in [2.45, 2.75) is 19.3 Å². The molecule has 0 aliphatic heterocycles. The van der Waals surface area contributed by atoms with Crippen molar-refractivity contribution in [1.82, 2.24) is 4.98 Å². The topological polar surface area (TPSA) is 12.9 Å². The summed E-state index contributed by atoms with van der Waals surface area (Å²) in [6.07, 6.45) is 0. The van der Waals surface area contributed by atoms with Crippen LogP contribution < -0.4 is 0 Å². The van der Waals surface area contributed by atoms with E-state index in [1.165, 1.54) is 80.8 Å². The van der Waals surface area contributed by atoms with Crippen LogP contribution in [0.1, 0.15) is 25.0 Å². The van der Waals surface area contributed by atoms with Gasteiger partial charge in [-0.3, -0.25) is 0 Å². The van der Waals surface area contributed by atoms with E-state index in [1.54, 1.807) is 0 Å². The minimum atomic E-state index is -0.0578. The van der Waals surface area contributed by atoms with Crippen LogP contribution in [0.2, 0.25) is 0 Å². The van der Waals surface area contributed by atoms with Gasteiger partial charge in [0.2, 0.25) is 0 Å². The van der Waals surface area contributed by atoms with Gasteiger partial charge in [0.1, 0.15) is 0 Å². The second-order valence-electron chi connectivity index (χ2n) is 13.5. The number of aromatic nitrogens is 1. The van der Waals surface area contributed by atoms with Crippen LogP contribution in [0, 0.1) is 0 Å². The number of benzene rings is 7. The van der Waals surface area contributed by atoms with Crippen LogP contribution in [0.3, 0.4) is 0 Å². The summed E-state index contributed by atoms with van der Waals surface area (Å²) in [5.41, 5.74) is 13.5. The number of pyridine rings is 1. The van der Waals surface area contributed by atoms with E-state index in [9.17, 15) is 0 Å². The van der Waals surface area contributed by atoms with E-state index in [2.05, 4.69) is 166 Å². The van der Waals surface area contributed by atoms with E-state index in [4.69, 9.17) is 4.98 Å². The van der Waals surface area contributed by atoms with Gasteiger partial charge >= 0.3 is 0 Å². The normalized spacial score (nSPS) is 13.4. The first-order chi connectivity index (χ1) is 23.5. The molecular weight excluding hydrogens is 599 g/mol. The van der Waals surface area contributed by atoms with Gasteiger partial charge in [-0.1, -0.05) is 135 Å². The highest BCUT2D eigenvalue weighted by molar-refractivity contribution is 7.25. The average Bonchev–Trinajstić information content (AvgIpc) is 3.62. The molecule has 226 valence electrons. The van der Waals surface area contributed by atoms with Gasteiger partial charge in [0, 0.05) is 41.9 Å². The van der Waals surface area contributed by atoms with Crippen LogP contribution in [0.15, 0.2) is 152 Å². The highest BCUT2D eigenvalue weighted by atomic mass is 32.1. The van der Waals surface area contributed by atoms with Crippen molar-refractivity contribution in [3.63, 3.8) is 0 Å². The van der Waals surface area contributed by atoms with Crippen molar-refractivity contribution >= 4 is 53.2 Å². The summed E-state index contributed by atoms with van der Waals surface area (Å²) in [4.78, 5) is 5.35. The van der Waals surface area contributed by atoms with Crippen LogP contribution in [0.5, 0.6) is 0 Å². The summed E-state index contributed by atoms with van der Waals surface area (Å²) in [5.74, 6) is 0. The molecule has 9 aromatic rings. The maximum absolute atomic E-state index is 5.35. The van der Waals surface area contributed by atoms with Crippen LogP contribution in [0.25, 0.3) is 86.5 Å². The number of thiophene rings is 1. The second kappa shape index (κ2) is 10.2. The molecule has 0 N–H and O–H groups in total. The van der Waals surface area contributed by atoms with Gasteiger partial charge < -0.3 is 0 Å². The Kier molecular flexibility index (Phi) is 5.86. The zero-order valence-corrected chi connectivity index (χ0v) is 27.6. The molecule has 0 spiro atoms. The summed E-state index contributed by atoms with van der Waals surface area (Å²) >= 11 is 1.90. The SMILES string of the molecule is CC1(C)c2ccccc2-c2ccc3sc4ccc(-c5cccc(-c6cc(-c7ccccc7)c7ccc8ccccc8c7n6)c5)cc4c3c21. The zero-order chi connectivity index (χ0) is 32.0. The fraction of sp³-hybridized carbons (Fsp3) is 0.0652. The standard InChI is InChI=1S/C46H31NS/c1-46(2)39-18-9-8-17-34(39)35-22-24-42-43(44(35)46)38-26-31(20-23-41(38)48-42)30-14-10-15-32(25-30)40-27-37(28-11-4-3-5-12-28)36-21-19-29-13-6-7-16-33(29)45(36)47-40/h3-27H,1-2H3.